The molecule has 3 nitrogen and oxygen atoms in total. The summed E-state index contributed by atoms with van der Waals surface area (Å²) >= 11 is 11.7. The Morgan fingerprint density at radius 2 is 2.05 bits per heavy atom. The van der Waals surface area contributed by atoms with Gasteiger partial charge in [0.05, 0.1) is 5.02 Å². The van der Waals surface area contributed by atoms with Crippen molar-refractivity contribution < 1.29 is 14.3 Å². The van der Waals surface area contributed by atoms with Crippen LogP contribution in [0.1, 0.15) is 45.2 Å². The quantitative estimate of drug-likeness (QED) is 0.762. The third-order valence-electron chi connectivity index (χ3n) is 3.26. The molecule has 1 rings (SSSR count). The number of aliphatic carboxylic acids is 1. The molecule has 0 amide bonds. The maximum atomic E-state index is 13.5. The predicted molar refractivity (Wildman–Crippen MR) is 78.9 cm³/mol. The molecular weight excluding hydrogens is 304 g/mol. The number of carbonyl (C=O) groups is 1. The average molecular weight is 322 g/mol. The molecule has 6 heteroatoms. The zero-order valence-electron chi connectivity index (χ0n) is 11.6. The van der Waals surface area contributed by atoms with Gasteiger partial charge in [-0.3, -0.25) is 10.1 Å². The molecule has 2 atom stereocenters. The van der Waals surface area contributed by atoms with E-state index in [9.17, 15) is 14.3 Å². The Hall–Kier alpha value is -0.840. The van der Waals surface area contributed by atoms with Crippen molar-refractivity contribution in [3.63, 3.8) is 0 Å². The van der Waals surface area contributed by atoms with Gasteiger partial charge in [0.15, 0.2) is 0 Å². The van der Waals surface area contributed by atoms with E-state index in [0.717, 1.165) is 0 Å². The summed E-state index contributed by atoms with van der Waals surface area (Å²) in [6.07, 6.45) is 1.17. The molecule has 0 fully saturated rings. The fourth-order valence-electron chi connectivity index (χ4n) is 2.17. The highest BCUT2D eigenvalue weighted by Crippen LogP contribution is 2.30. The normalized spacial score (nSPS) is 15.7. The third kappa shape index (κ3) is 3.84. The van der Waals surface area contributed by atoms with Crippen molar-refractivity contribution in [1.82, 2.24) is 5.32 Å². The lowest BCUT2D eigenvalue weighted by atomic mass is 9.94. The van der Waals surface area contributed by atoms with Gasteiger partial charge in [-0.25, -0.2) is 4.39 Å². The van der Waals surface area contributed by atoms with Crippen LogP contribution in [0.15, 0.2) is 12.1 Å². The van der Waals surface area contributed by atoms with Gasteiger partial charge in [-0.1, -0.05) is 36.5 Å². The van der Waals surface area contributed by atoms with Crippen LogP contribution in [0.4, 0.5) is 4.39 Å². The van der Waals surface area contributed by atoms with E-state index in [1.165, 1.54) is 12.1 Å². The number of carboxylic acid groups (broad SMARTS) is 1. The summed E-state index contributed by atoms with van der Waals surface area (Å²) in [5.41, 5.74) is -0.606. The summed E-state index contributed by atoms with van der Waals surface area (Å²) in [6, 6.07) is 2.14. The Morgan fingerprint density at radius 1 is 1.45 bits per heavy atom. The van der Waals surface area contributed by atoms with Crippen LogP contribution in [0.3, 0.4) is 0 Å². The maximum Gasteiger partial charge on any atom is 0.323 e. The Kier molecular flexibility index (Phi) is 5.80. The monoisotopic (exact) mass is 321 g/mol. The first kappa shape index (κ1) is 17.2. The molecule has 0 spiro atoms. The van der Waals surface area contributed by atoms with Crippen molar-refractivity contribution in [3.05, 3.63) is 33.6 Å². The molecule has 2 unspecified atom stereocenters. The zero-order chi connectivity index (χ0) is 15.5. The van der Waals surface area contributed by atoms with Gasteiger partial charge in [-0.05, 0) is 38.0 Å². The Labute approximate surface area is 128 Å². The van der Waals surface area contributed by atoms with Crippen molar-refractivity contribution in [1.29, 1.82) is 0 Å². The average Bonchev–Trinajstić information content (AvgIpc) is 2.33. The van der Waals surface area contributed by atoms with Gasteiger partial charge in [0, 0.05) is 11.1 Å². The minimum Gasteiger partial charge on any atom is -0.480 e. The summed E-state index contributed by atoms with van der Waals surface area (Å²) < 4.78 is 13.5. The highest BCUT2D eigenvalue weighted by atomic mass is 35.5. The molecular formula is C14H18Cl2FNO2. The van der Waals surface area contributed by atoms with E-state index in [2.05, 4.69) is 5.32 Å². The van der Waals surface area contributed by atoms with E-state index in [-0.39, 0.29) is 5.02 Å². The second-order valence-corrected chi connectivity index (χ2v) is 5.86. The lowest BCUT2D eigenvalue weighted by Crippen LogP contribution is -2.50. The topological polar surface area (TPSA) is 49.3 Å². The van der Waals surface area contributed by atoms with Crippen molar-refractivity contribution in [2.75, 3.05) is 0 Å². The second kappa shape index (κ2) is 6.74. The molecule has 0 saturated heterocycles. The molecule has 20 heavy (non-hydrogen) atoms. The number of halogens is 3. The summed E-state index contributed by atoms with van der Waals surface area (Å²) in [4.78, 5) is 11.4. The van der Waals surface area contributed by atoms with E-state index in [1.807, 2.05) is 6.92 Å². The van der Waals surface area contributed by atoms with Crippen LogP contribution in [0, 0.1) is 5.82 Å². The Balaban J connectivity index is 3.03. The molecule has 1 aromatic carbocycles. The van der Waals surface area contributed by atoms with Gasteiger partial charge in [-0.15, -0.1) is 0 Å². The van der Waals surface area contributed by atoms with Crippen LogP contribution >= 0.6 is 23.2 Å². The van der Waals surface area contributed by atoms with Crippen LogP contribution in [0.5, 0.6) is 0 Å². The SMILES string of the molecule is CCCC(C)(NC(C)c1cc(F)c(Cl)cc1Cl)C(=O)O. The first-order valence-electron chi connectivity index (χ1n) is 6.36. The minimum atomic E-state index is -1.09. The van der Waals surface area contributed by atoms with Crippen molar-refractivity contribution >= 4 is 29.2 Å². The molecule has 0 aromatic heterocycles. The zero-order valence-corrected chi connectivity index (χ0v) is 13.1. The fraction of sp³-hybridized carbons (Fsp3) is 0.500. The number of hydrogen-bond donors (Lipinski definition) is 2. The summed E-state index contributed by atoms with van der Waals surface area (Å²) in [5, 5.41) is 12.6. The number of carboxylic acids is 1. The first-order chi connectivity index (χ1) is 9.21. The highest BCUT2D eigenvalue weighted by molar-refractivity contribution is 6.35. The van der Waals surface area contributed by atoms with Crippen molar-refractivity contribution in [2.24, 2.45) is 0 Å². The van der Waals surface area contributed by atoms with Gasteiger partial charge in [-0.2, -0.15) is 0 Å². The van der Waals surface area contributed by atoms with Gasteiger partial charge >= 0.3 is 5.97 Å². The van der Waals surface area contributed by atoms with Crippen LogP contribution in [-0.2, 0) is 4.79 Å². The van der Waals surface area contributed by atoms with Crippen molar-refractivity contribution in [2.45, 2.75) is 45.2 Å². The highest BCUT2D eigenvalue weighted by Gasteiger charge is 2.34. The van der Waals surface area contributed by atoms with Crippen LogP contribution < -0.4 is 5.32 Å². The molecule has 2 N–H and O–H groups in total. The van der Waals surface area contributed by atoms with Gasteiger partial charge in [0.25, 0.3) is 0 Å². The van der Waals surface area contributed by atoms with Crippen molar-refractivity contribution in [3.8, 4) is 0 Å². The molecule has 0 aliphatic heterocycles. The molecule has 0 saturated carbocycles. The number of hydrogen-bond acceptors (Lipinski definition) is 2. The third-order valence-corrected chi connectivity index (χ3v) is 3.88. The van der Waals surface area contributed by atoms with E-state index in [1.54, 1.807) is 13.8 Å². The predicted octanol–water partition coefficient (Wildman–Crippen LogP) is 4.43. The molecule has 0 heterocycles. The second-order valence-electron chi connectivity index (χ2n) is 5.04. The minimum absolute atomic E-state index is 0.0551. The first-order valence-corrected chi connectivity index (χ1v) is 7.12. The molecule has 0 radical (unpaired) electrons. The number of nitrogens with one attached hydrogen (secondary N) is 1. The molecule has 112 valence electrons. The fourth-order valence-corrected chi connectivity index (χ4v) is 2.71. The molecule has 0 bridgehead atoms. The lowest BCUT2D eigenvalue weighted by molar-refractivity contribution is -0.144. The summed E-state index contributed by atoms with van der Waals surface area (Å²) in [6.45, 7) is 5.25. The van der Waals surface area contributed by atoms with E-state index in [4.69, 9.17) is 23.2 Å². The standard InChI is InChI=1S/C14H18Cl2FNO2/c1-4-5-14(3,13(19)20)18-8(2)9-6-12(17)11(16)7-10(9)15/h6-8,18H,4-5H2,1-3H3,(H,19,20). The Bertz CT molecular complexity index is 510. The van der Waals surface area contributed by atoms with Crippen LogP contribution in [0.25, 0.3) is 0 Å². The van der Waals surface area contributed by atoms with Gasteiger partial charge in [0.2, 0.25) is 0 Å². The number of rotatable bonds is 6. The lowest BCUT2D eigenvalue weighted by Gasteiger charge is -2.30. The smallest absolute Gasteiger partial charge is 0.323 e. The number of benzene rings is 1. The molecule has 0 aliphatic carbocycles. The van der Waals surface area contributed by atoms with Crippen LogP contribution in [-0.4, -0.2) is 16.6 Å². The molecule has 1 aromatic rings. The van der Waals surface area contributed by atoms with Gasteiger partial charge < -0.3 is 5.11 Å². The van der Waals surface area contributed by atoms with E-state index >= 15 is 0 Å². The summed E-state index contributed by atoms with van der Waals surface area (Å²) in [5.74, 6) is -1.52. The van der Waals surface area contributed by atoms with E-state index in [0.29, 0.717) is 23.4 Å². The van der Waals surface area contributed by atoms with Gasteiger partial charge in [0.1, 0.15) is 11.4 Å². The van der Waals surface area contributed by atoms with Crippen LogP contribution in [0.2, 0.25) is 10.0 Å². The maximum absolute atomic E-state index is 13.5. The van der Waals surface area contributed by atoms with E-state index < -0.39 is 23.4 Å². The molecule has 0 aliphatic rings. The summed E-state index contributed by atoms with van der Waals surface area (Å²) in [7, 11) is 0. The largest absolute Gasteiger partial charge is 0.480 e. The Morgan fingerprint density at radius 3 is 2.55 bits per heavy atom.